The summed E-state index contributed by atoms with van der Waals surface area (Å²) >= 11 is 4.89. The van der Waals surface area contributed by atoms with Gasteiger partial charge in [0.05, 0.1) is 6.61 Å². The van der Waals surface area contributed by atoms with Gasteiger partial charge in [-0.25, -0.2) is 0 Å². The van der Waals surface area contributed by atoms with Gasteiger partial charge in [-0.1, -0.05) is 39.8 Å². The van der Waals surface area contributed by atoms with Crippen LogP contribution in [0.1, 0.15) is 5.56 Å². The number of aromatic nitrogens is 2. The molecule has 0 spiro atoms. The summed E-state index contributed by atoms with van der Waals surface area (Å²) in [5.41, 5.74) is 2.09. The third-order valence-corrected chi connectivity index (χ3v) is 4.38. The number of ether oxygens (including phenoxy) is 1. The predicted octanol–water partition coefficient (Wildman–Crippen LogP) is 4.98. The largest absolute Gasteiger partial charge is 0.493 e. The summed E-state index contributed by atoms with van der Waals surface area (Å²) in [5, 5.41) is 8.68. The monoisotopic (exact) mass is 390 g/mol. The Bertz CT molecular complexity index is 774. The number of nitrogens with zero attached hydrogens (tertiary/aromatic N) is 2. The maximum atomic E-state index is 5.70. The van der Waals surface area contributed by atoms with E-state index in [9.17, 15) is 0 Å². The van der Waals surface area contributed by atoms with Crippen LogP contribution in [0, 0.1) is 6.92 Å². The summed E-state index contributed by atoms with van der Waals surface area (Å²) in [5.74, 6) is 2.15. The first-order valence-corrected chi connectivity index (χ1v) is 8.90. The summed E-state index contributed by atoms with van der Waals surface area (Å²) in [6, 6.07) is 15.8. The van der Waals surface area contributed by atoms with Crippen LogP contribution in [-0.2, 0) is 0 Å². The van der Waals surface area contributed by atoms with Gasteiger partial charge in [-0.2, -0.15) is 0 Å². The molecule has 6 heteroatoms. The van der Waals surface area contributed by atoms with E-state index in [1.165, 1.54) is 17.3 Å². The third kappa shape index (κ3) is 4.59. The normalized spacial score (nSPS) is 10.7. The molecule has 2 aromatic carbocycles. The lowest BCUT2D eigenvalue weighted by Crippen LogP contribution is -2.00. The standard InChI is InChI=1S/C17H15BrN2O2S/c1-12-3-2-4-15(11-12)21-9-10-23-17-20-19-16(22-17)13-5-7-14(18)8-6-13/h2-8,11H,9-10H2,1H3. The van der Waals surface area contributed by atoms with Gasteiger partial charge in [0.1, 0.15) is 5.75 Å². The summed E-state index contributed by atoms with van der Waals surface area (Å²) < 4.78 is 12.4. The van der Waals surface area contributed by atoms with E-state index in [1.807, 2.05) is 55.5 Å². The number of hydrogen-bond acceptors (Lipinski definition) is 5. The fourth-order valence-corrected chi connectivity index (χ4v) is 2.81. The lowest BCUT2D eigenvalue weighted by molar-refractivity contribution is 0.343. The molecule has 1 aromatic heterocycles. The van der Waals surface area contributed by atoms with Gasteiger partial charge < -0.3 is 9.15 Å². The molecule has 0 radical (unpaired) electrons. The van der Waals surface area contributed by atoms with Gasteiger partial charge in [-0.3, -0.25) is 0 Å². The van der Waals surface area contributed by atoms with Crippen molar-refractivity contribution in [3.8, 4) is 17.2 Å². The Hall–Kier alpha value is -1.79. The van der Waals surface area contributed by atoms with Crippen LogP contribution >= 0.6 is 27.7 Å². The van der Waals surface area contributed by atoms with Crippen LogP contribution in [0.4, 0.5) is 0 Å². The molecule has 118 valence electrons. The molecule has 0 aliphatic heterocycles. The van der Waals surface area contributed by atoms with Crippen LogP contribution < -0.4 is 4.74 Å². The highest BCUT2D eigenvalue weighted by Gasteiger charge is 2.08. The van der Waals surface area contributed by atoms with E-state index in [0.29, 0.717) is 17.7 Å². The van der Waals surface area contributed by atoms with Crippen LogP contribution in [0.3, 0.4) is 0 Å². The Kier molecular flexibility index (Phi) is 5.35. The number of rotatable bonds is 6. The summed E-state index contributed by atoms with van der Waals surface area (Å²) in [4.78, 5) is 0. The smallest absolute Gasteiger partial charge is 0.276 e. The van der Waals surface area contributed by atoms with Crippen LogP contribution in [0.15, 0.2) is 62.6 Å². The molecular weight excluding hydrogens is 376 g/mol. The van der Waals surface area contributed by atoms with Crippen molar-refractivity contribution in [1.82, 2.24) is 10.2 Å². The first kappa shape index (κ1) is 16.1. The van der Waals surface area contributed by atoms with E-state index in [2.05, 4.69) is 26.1 Å². The minimum Gasteiger partial charge on any atom is -0.493 e. The fourth-order valence-electron chi connectivity index (χ4n) is 1.97. The van der Waals surface area contributed by atoms with Crippen molar-refractivity contribution in [3.63, 3.8) is 0 Å². The summed E-state index contributed by atoms with van der Waals surface area (Å²) in [6.07, 6.45) is 0. The molecule has 0 bridgehead atoms. The van der Waals surface area contributed by atoms with E-state index in [4.69, 9.17) is 9.15 Å². The molecule has 0 amide bonds. The minimum absolute atomic E-state index is 0.527. The molecule has 0 unspecified atom stereocenters. The Morgan fingerprint density at radius 3 is 2.74 bits per heavy atom. The van der Waals surface area contributed by atoms with Crippen molar-refractivity contribution in [2.24, 2.45) is 0 Å². The number of hydrogen-bond donors (Lipinski definition) is 0. The minimum atomic E-state index is 0.527. The Labute approximate surface area is 147 Å². The van der Waals surface area contributed by atoms with E-state index in [1.54, 1.807) is 0 Å². The van der Waals surface area contributed by atoms with Crippen LogP contribution in [0.2, 0.25) is 0 Å². The molecule has 3 rings (SSSR count). The zero-order valence-electron chi connectivity index (χ0n) is 12.5. The third-order valence-electron chi connectivity index (χ3n) is 3.06. The zero-order valence-corrected chi connectivity index (χ0v) is 14.9. The molecular formula is C17H15BrN2O2S. The second kappa shape index (κ2) is 7.66. The topological polar surface area (TPSA) is 48.2 Å². The Morgan fingerprint density at radius 1 is 1.13 bits per heavy atom. The van der Waals surface area contributed by atoms with E-state index in [-0.39, 0.29) is 0 Å². The van der Waals surface area contributed by atoms with Gasteiger partial charge in [0, 0.05) is 15.8 Å². The molecule has 4 nitrogen and oxygen atoms in total. The molecule has 0 atom stereocenters. The summed E-state index contributed by atoms with van der Waals surface area (Å²) in [6.45, 7) is 2.63. The first-order valence-electron chi connectivity index (χ1n) is 7.12. The number of benzene rings is 2. The molecule has 0 N–H and O–H groups in total. The average molecular weight is 391 g/mol. The van der Waals surface area contributed by atoms with E-state index < -0.39 is 0 Å². The summed E-state index contributed by atoms with van der Waals surface area (Å²) in [7, 11) is 0. The highest BCUT2D eigenvalue weighted by molar-refractivity contribution is 9.10. The van der Waals surface area contributed by atoms with Crippen molar-refractivity contribution in [1.29, 1.82) is 0 Å². The van der Waals surface area contributed by atoms with Crippen molar-refractivity contribution in [3.05, 3.63) is 58.6 Å². The number of thioether (sulfide) groups is 1. The second-order valence-corrected chi connectivity index (χ2v) is 6.86. The van der Waals surface area contributed by atoms with Gasteiger partial charge in [0.15, 0.2) is 0 Å². The molecule has 23 heavy (non-hydrogen) atoms. The lowest BCUT2D eigenvalue weighted by atomic mass is 10.2. The molecule has 0 fully saturated rings. The van der Waals surface area contributed by atoms with Gasteiger partial charge >= 0.3 is 0 Å². The van der Waals surface area contributed by atoms with Crippen molar-refractivity contribution in [2.45, 2.75) is 12.1 Å². The van der Waals surface area contributed by atoms with Crippen LogP contribution in [0.25, 0.3) is 11.5 Å². The maximum Gasteiger partial charge on any atom is 0.276 e. The molecule has 0 saturated heterocycles. The highest BCUT2D eigenvalue weighted by Crippen LogP contribution is 2.24. The Morgan fingerprint density at radius 2 is 1.96 bits per heavy atom. The van der Waals surface area contributed by atoms with Gasteiger partial charge in [0.25, 0.3) is 5.22 Å². The van der Waals surface area contributed by atoms with Crippen molar-refractivity contribution >= 4 is 27.7 Å². The Balaban J connectivity index is 1.50. The molecule has 0 aliphatic carbocycles. The lowest BCUT2D eigenvalue weighted by Gasteiger charge is -2.05. The first-order chi connectivity index (χ1) is 11.2. The quantitative estimate of drug-likeness (QED) is 0.438. The number of halogens is 1. The molecule has 0 aliphatic rings. The maximum absolute atomic E-state index is 5.70. The fraction of sp³-hybridized carbons (Fsp3) is 0.176. The highest BCUT2D eigenvalue weighted by atomic mass is 79.9. The average Bonchev–Trinajstić information content (AvgIpc) is 3.01. The van der Waals surface area contributed by atoms with E-state index >= 15 is 0 Å². The van der Waals surface area contributed by atoms with Crippen molar-refractivity contribution in [2.75, 3.05) is 12.4 Å². The van der Waals surface area contributed by atoms with Gasteiger partial charge in [-0.15, -0.1) is 10.2 Å². The van der Waals surface area contributed by atoms with Gasteiger partial charge in [-0.05, 0) is 48.9 Å². The molecule has 0 saturated carbocycles. The van der Waals surface area contributed by atoms with Crippen LogP contribution in [0.5, 0.6) is 5.75 Å². The molecule has 1 heterocycles. The van der Waals surface area contributed by atoms with Gasteiger partial charge in [0.2, 0.25) is 5.89 Å². The second-order valence-electron chi connectivity index (χ2n) is 4.89. The SMILES string of the molecule is Cc1cccc(OCCSc2nnc(-c3ccc(Br)cc3)o2)c1. The molecule has 3 aromatic rings. The number of aryl methyl sites for hydroxylation is 1. The van der Waals surface area contributed by atoms with Crippen LogP contribution in [-0.4, -0.2) is 22.6 Å². The zero-order chi connectivity index (χ0) is 16.1. The predicted molar refractivity (Wildman–Crippen MR) is 94.8 cm³/mol. The van der Waals surface area contributed by atoms with E-state index in [0.717, 1.165) is 21.5 Å². The van der Waals surface area contributed by atoms with Crippen molar-refractivity contribution < 1.29 is 9.15 Å².